The second-order valence-corrected chi connectivity index (χ2v) is 0. The van der Waals surface area contributed by atoms with Crippen LogP contribution in [0.25, 0.3) is 0 Å². The van der Waals surface area contributed by atoms with Crippen molar-refractivity contribution in [2.24, 2.45) is 0 Å². The lowest BCUT2D eigenvalue weighted by atomic mass is 12.0. The van der Waals surface area contributed by atoms with Gasteiger partial charge in [-0.15, -0.1) is 0 Å². The molecule has 2 heteroatoms. The zero-order valence-corrected chi connectivity index (χ0v) is 2.72. The first kappa shape index (κ1) is 138. The van der Waals surface area contributed by atoms with E-state index in [1.807, 2.05) is 0 Å². The van der Waals surface area contributed by atoms with Crippen LogP contribution < -0.4 is 0 Å². The highest BCUT2D eigenvalue weighted by Crippen LogP contribution is 1.26. The average Bonchev–Trinajstić information content (AvgIpc) is 1.00. The van der Waals surface area contributed by atoms with Crippen LogP contribution in [0.3, 0.4) is 0 Å². The highest BCUT2D eigenvalue weighted by atomic mass is 32.4. The highest BCUT2D eigenvalue weighted by Gasteiger charge is 0.655. The Hall–Kier alpha value is 0.520. The molecule has 0 saturated heterocycles. The smallest absolute Gasteiger partial charge is 0.0437 e. The predicted octanol–water partition coefficient (Wildman–Crippen LogP) is 3.77. The van der Waals surface area contributed by atoms with Gasteiger partial charge in [0.1, 0.15) is 0 Å². The molecular weight excluding hydrogens is 123 g/mol. The Morgan fingerprint density at radius 3 is 0.571 bits per heavy atom. The van der Waals surface area contributed by atoms with Crippen LogP contribution in [0.2, 0.25) is 0 Å². The summed E-state index contributed by atoms with van der Waals surface area (Å²) >= 11 is 3.89. The topological polar surface area (TPSA) is 0 Å². The minimum absolute atomic E-state index is 0. The monoisotopic (exact) mass is 144 g/mol. The summed E-state index contributed by atoms with van der Waals surface area (Å²) < 4.78 is 0. The first-order valence-corrected chi connectivity index (χ1v) is 1.84. The molecule has 0 spiro atoms. The molecule has 0 saturated carbocycles. The average molecular weight is 144 g/mol. The molecular formula is C5H21PS. The molecule has 0 radical (unpaired) electrons. The number of rotatable bonds is 0. The van der Waals surface area contributed by atoms with E-state index in [0.717, 1.165) is 0 Å². The van der Waals surface area contributed by atoms with E-state index in [-0.39, 0.29) is 37.1 Å². The third-order valence-corrected chi connectivity index (χ3v) is 0. The molecule has 0 bridgehead atoms. The van der Waals surface area contributed by atoms with Crippen molar-refractivity contribution < 1.29 is 0 Å². The van der Waals surface area contributed by atoms with Crippen LogP contribution in [-0.4, -0.2) is 0 Å². The van der Waals surface area contributed by atoms with E-state index in [4.69, 9.17) is 0 Å². The molecule has 7 heavy (non-hydrogen) atoms. The molecule has 0 aliphatic rings. The largest absolute Gasteiger partial charge is 0.0776 e. The Morgan fingerprint density at radius 2 is 0.571 bits per heavy atom. The first-order valence-electron chi connectivity index (χ1n) is 0.204. The summed E-state index contributed by atoms with van der Waals surface area (Å²) in [7, 11) is 2.56. The summed E-state index contributed by atoms with van der Waals surface area (Å²) in [4.78, 5) is 0. The van der Waals surface area contributed by atoms with Gasteiger partial charge in [0.15, 0.2) is 0 Å². The quantitative estimate of drug-likeness (QED) is 0.466. The zero-order chi connectivity index (χ0) is 2.00. The van der Waals surface area contributed by atoms with E-state index in [0.29, 0.717) is 0 Å². The molecule has 0 fully saturated rings. The summed E-state index contributed by atoms with van der Waals surface area (Å²) in [6.45, 7) is 0. The summed E-state index contributed by atoms with van der Waals surface area (Å²) in [5.41, 5.74) is 0. The van der Waals surface area contributed by atoms with Crippen molar-refractivity contribution in [1.29, 1.82) is 0 Å². The van der Waals surface area contributed by atoms with E-state index in [1.165, 1.54) is 0 Å². The van der Waals surface area contributed by atoms with Gasteiger partial charge < -0.3 is 0 Å². The van der Waals surface area contributed by atoms with Gasteiger partial charge >= 0.3 is 0 Å². The predicted molar refractivity (Wildman–Crippen MR) is 49.3 cm³/mol. The molecule has 0 aliphatic carbocycles. The molecule has 0 nitrogen and oxygen atoms in total. The van der Waals surface area contributed by atoms with Crippen LogP contribution in [-0.2, 0) is 11.8 Å². The van der Waals surface area contributed by atoms with Crippen molar-refractivity contribution in [2.75, 3.05) is 0 Å². The Morgan fingerprint density at radius 1 is 0.571 bits per heavy atom. The number of hydrogen-bond acceptors (Lipinski definition) is 1. The van der Waals surface area contributed by atoms with Gasteiger partial charge in [-0.2, -0.15) is 0 Å². The van der Waals surface area contributed by atoms with Crippen LogP contribution in [0.15, 0.2) is 0 Å². The highest BCUT2D eigenvalue weighted by molar-refractivity contribution is 7.88. The summed E-state index contributed by atoms with van der Waals surface area (Å²) in [6.07, 6.45) is 0. The third kappa shape index (κ3) is 493. The Kier molecular flexibility index (Phi) is 14500. The fourth-order valence-corrected chi connectivity index (χ4v) is 0. The molecule has 0 aromatic carbocycles. The minimum Gasteiger partial charge on any atom is -0.0776 e. The van der Waals surface area contributed by atoms with E-state index in [2.05, 4.69) is 19.8 Å². The molecule has 0 aromatic rings. The first-order chi connectivity index (χ1) is 1.00. The van der Waals surface area contributed by atoms with Crippen molar-refractivity contribution in [2.45, 2.75) is 37.1 Å². The second kappa shape index (κ2) is 735. The van der Waals surface area contributed by atoms with Gasteiger partial charge in [0.25, 0.3) is 0 Å². The molecule has 0 aliphatic heterocycles. The van der Waals surface area contributed by atoms with Gasteiger partial charge in [0, 0.05) is 0 Å². The van der Waals surface area contributed by atoms with Crippen molar-refractivity contribution in [1.82, 2.24) is 0 Å². The maximum Gasteiger partial charge on any atom is -0.0437 e. The van der Waals surface area contributed by atoms with Gasteiger partial charge in [-0.05, 0) is 8.02 Å². The zero-order valence-electron chi connectivity index (χ0n) is 0.908. The van der Waals surface area contributed by atoms with Crippen molar-refractivity contribution >= 4 is 19.8 Å². The standard InChI is InChI=1S/5CH4.HPS/c;;;;;1-2/h5*1H4;1H. The van der Waals surface area contributed by atoms with Gasteiger partial charge in [-0.25, -0.2) is 0 Å². The maximum absolute atomic E-state index is 3.89. The van der Waals surface area contributed by atoms with Crippen LogP contribution in [0, 0.1) is 0 Å². The van der Waals surface area contributed by atoms with Gasteiger partial charge in [-0.1, -0.05) is 48.9 Å². The SMILES string of the molecule is C.C.C.C.C.P=S. The fourth-order valence-electron chi connectivity index (χ4n) is 0. The van der Waals surface area contributed by atoms with E-state index < -0.39 is 0 Å². The minimum atomic E-state index is 0. The van der Waals surface area contributed by atoms with E-state index >= 15 is 0 Å². The molecule has 0 unspecified atom stereocenters. The Bertz CT molecular complexity index is 8.04. The van der Waals surface area contributed by atoms with Crippen LogP contribution in [0.1, 0.15) is 37.1 Å². The molecule has 0 N–H and O–H groups in total. The van der Waals surface area contributed by atoms with Crippen LogP contribution in [0.5, 0.6) is 0 Å². The molecule has 0 rings (SSSR count). The van der Waals surface area contributed by atoms with Crippen molar-refractivity contribution in [3.8, 4) is 0 Å². The van der Waals surface area contributed by atoms with E-state index in [1.54, 1.807) is 0 Å². The van der Waals surface area contributed by atoms with E-state index in [9.17, 15) is 0 Å². The summed E-state index contributed by atoms with van der Waals surface area (Å²) in [5.74, 6) is 0. The molecule has 0 aromatic heterocycles. The fraction of sp³-hybridized carbons (Fsp3) is 1.00. The molecule has 0 atom stereocenters. The van der Waals surface area contributed by atoms with Crippen LogP contribution >= 0.6 is 8.02 Å². The molecule has 52 valence electrons. The Balaban J connectivity index is -0.000000000500. The summed E-state index contributed by atoms with van der Waals surface area (Å²) in [6, 6.07) is 0. The number of hydrogen-bond donors (Lipinski definition) is 0. The van der Waals surface area contributed by atoms with Gasteiger partial charge in [0.05, 0.1) is 0 Å². The third-order valence-electron chi connectivity index (χ3n) is 0. The summed E-state index contributed by atoms with van der Waals surface area (Å²) in [5, 5.41) is 0. The molecule has 0 amide bonds. The normalized spacial score (nSPS) is 0.571. The Labute approximate surface area is 57.6 Å². The maximum atomic E-state index is 3.89. The van der Waals surface area contributed by atoms with Crippen molar-refractivity contribution in [3.63, 3.8) is 0 Å². The lowest BCUT2D eigenvalue weighted by Gasteiger charge is -0.760. The van der Waals surface area contributed by atoms with Crippen LogP contribution in [0.4, 0.5) is 0 Å². The second-order valence-electron chi connectivity index (χ2n) is 0. The lowest BCUT2D eigenvalue weighted by Crippen LogP contribution is -0.399. The van der Waals surface area contributed by atoms with Crippen molar-refractivity contribution in [3.05, 3.63) is 0 Å². The molecule has 0 heterocycles. The van der Waals surface area contributed by atoms with Gasteiger partial charge in [-0.3, -0.25) is 0 Å². The lowest BCUT2D eigenvalue weighted by molar-refractivity contribution is 2.50. The van der Waals surface area contributed by atoms with Gasteiger partial charge in [0.2, 0.25) is 0 Å².